The summed E-state index contributed by atoms with van der Waals surface area (Å²) in [6, 6.07) is 0.397. The van der Waals surface area contributed by atoms with E-state index in [1.807, 2.05) is 0 Å². The Morgan fingerprint density at radius 3 is 2.69 bits per heavy atom. The van der Waals surface area contributed by atoms with E-state index < -0.39 is 0 Å². The highest BCUT2D eigenvalue weighted by atomic mass is 16.5. The molecule has 1 aliphatic rings. The Morgan fingerprint density at radius 1 is 1.19 bits per heavy atom. The number of rotatable bonds is 7. The van der Waals surface area contributed by atoms with Crippen LogP contribution in [0.3, 0.4) is 0 Å². The lowest BCUT2D eigenvalue weighted by atomic mass is 9.76. The van der Waals surface area contributed by atoms with Crippen molar-refractivity contribution < 1.29 is 9.47 Å². The van der Waals surface area contributed by atoms with E-state index in [0.717, 1.165) is 18.9 Å². The van der Waals surface area contributed by atoms with Gasteiger partial charge in [0.2, 0.25) is 0 Å². The van der Waals surface area contributed by atoms with Gasteiger partial charge in [0.15, 0.2) is 0 Å². The third kappa shape index (κ3) is 4.81. The standard InChI is InChI=1S/C13H27NO2/c1-3-11-4-5-13(14)12(10-11)6-7-16-9-8-15-2/h11-13H,3-10,14H2,1-2H3. The SMILES string of the molecule is CCC1CCC(N)C(CCOCCOC)C1. The number of hydrogen-bond acceptors (Lipinski definition) is 3. The molecule has 0 bridgehead atoms. The fraction of sp³-hybridized carbons (Fsp3) is 1.00. The van der Waals surface area contributed by atoms with Gasteiger partial charge in [0.25, 0.3) is 0 Å². The molecule has 3 atom stereocenters. The number of ether oxygens (including phenoxy) is 2. The number of hydrogen-bond donors (Lipinski definition) is 1. The Bertz CT molecular complexity index is 175. The van der Waals surface area contributed by atoms with Crippen molar-refractivity contribution in [1.82, 2.24) is 0 Å². The van der Waals surface area contributed by atoms with E-state index in [9.17, 15) is 0 Å². The molecule has 0 aliphatic heterocycles. The molecule has 0 radical (unpaired) electrons. The topological polar surface area (TPSA) is 44.5 Å². The molecule has 0 aromatic carbocycles. The van der Waals surface area contributed by atoms with Crippen LogP contribution in [0.2, 0.25) is 0 Å². The number of methoxy groups -OCH3 is 1. The first-order valence-corrected chi connectivity index (χ1v) is 6.60. The van der Waals surface area contributed by atoms with Crippen LogP contribution in [0.4, 0.5) is 0 Å². The van der Waals surface area contributed by atoms with Gasteiger partial charge in [-0.2, -0.15) is 0 Å². The van der Waals surface area contributed by atoms with Crippen LogP contribution in [-0.2, 0) is 9.47 Å². The zero-order chi connectivity index (χ0) is 11.8. The molecule has 0 aromatic rings. The van der Waals surface area contributed by atoms with E-state index in [-0.39, 0.29) is 0 Å². The average molecular weight is 229 g/mol. The molecule has 1 rings (SSSR count). The highest BCUT2D eigenvalue weighted by molar-refractivity contribution is 4.81. The summed E-state index contributed by atoms with van der Waals surface area (Å²) in [5.74, 6) is 1.56. The van der Waals surface area contributed by atoms with Crippen molar-refractivity contribution in [2.45, 2.75) is 45.1 Å². The minimum Gasteiger partial charge on any atom is -0.382 e. The van der Waals surface area contributed by atoms with Gasteiger partial charge < -0.3 is 15.2 Å². The van der Waals surface area contributed by atoms with Crippen molar-refractivity contribution in [3.8, 4) is 0 Å². The molecule has 3 unspecified atom stereocenters. The molecule has 1 fully saturated rings. The van der Waals surface area contributed by atoms with Gasteiger partial charge in [0, 0.05) is 19.8 Å². The predicted octanol–water partition coefficient (Wildman–Crippen LogP) is 2.19. The van der Waals surface area contributed by atoms with Gasteiger partial charge in [-0.05, 0) is 37.5 Å². The molecule has 3 heteroatoms. The lowest BCUT2D eigenvalue weighted by molar-refractivity contribution is 0.0566. The van der Waals surface area contributed by atoms with Crippen molar-refractivity contribution in [3.05, 3.63) is 0 Å². The van der Waals surface area contributed by atoms with Gasteiger partial charge in [-0.3, -0.25) is 0 Å². The van der Waals surface area contributed by atoms with Gasteiger partial charge in [-0.15, -0.1) is 0 Å². The van der Waals surface area contributed by atoms with Crippen LogP contribution in [-0.4, -0.2) is 33.0 Å². The summed E-state index contributed by atoms with van der Waals surface area (Å²) in [6.45, 7) is 4.51. The van der Waals surface area contributed by atoms with E-state index in [4.69, 9.17) is 15.2 Å². The monoisotopic (exact) mass is 229 g/mol. The Hall–Kier alpha value is -0.120. The third-order valence-electron chi connectivity index (χ3n) is 3.79. The molecule has 3 nitrogen and oxygen atoms in total. The van der Waals surface area contributed by atoms with E-state index in [0.29, 0.717) is 25.2 Å². The first-order chi connectivity index (χ1) is 7.77. The van der Waals surface area contributed by atoms with Crippen LogP contribution in [0.5, 0.6) is 0 Å². The summed E-state index contributed by atoms with van der Waals surface area (Å²) in [7, 11) is 1.70. The molecular weight excluding hydrogens is 202 g/mol. The van der Waals surface area contributed by atoms with Gasteiger partial charge >= 0.3 is 0 Å². The quantitative estimate of drug-likeness (QED) is 0.681. The Balaban J connectivity index is 2.13. The average Bonchev–Trinajstić information content (AvgIpc) is 2.31. The first kappa shape index (κ1) is 13.9. The molecular formula is C13H27NO2. The molecule has 2 N–H and O–H groups in total. The van der Waals surface area contributed by atoms with E-state index in [1.54, 1.807) is 7.11 Å². The molecule has 0 aromatic heterocycles. The second-order valence-corrected chi connectivity index (χ2v) is 4.91. The van der Waals surface area contributed by atoms with Crippen LogP contribution in [0.1, 0.15) is 39.0 Å². The Labute approximate surface area is 99.7 Å². The van der Waals surface area contributed by atoms with Crippen LogP contribution in [0, 0.1) is 11.8 Å². The van der Waals surface area contributed by atoms with Crippen molar-refractivity contribution >= 4 is 0 Å². The van der Waals surface area contributed by atoms with E-state index >= 15 is 0 Å². The van der Waals surface area contributed by atoms with E-state index in [1.165, 1.54) is 25.7 Å². The van der Waals surface area contributed by atoms with Crippen molar-refractivity contribution in [2.75, 3.05) is 26.9 Å². The summed E-state index contributed by atoms with van der Waals surface area (Å²) in [6.07, 6.45) is 6.22. The lowest BCUT2D eigenvalue weighted by Crippen LogP contribution is -2.36. The molecule has 0 spiro atoms. The predicted molar refractivity (Wildman–Crippen MR) is 66.4 cm³/mol. The molecule has 16 heavy (non-hydrogen) atoms. The highest BCUT2D eigenvalue weighted by Gasteiger charge is 2.26. The third-order valence-corrected chi connectivity index (χ3v) is 3.79. The first-order valence-electron chi connectivity index (χ1n) is 6.60. The molecule has 1 saturated carbocycles. The fourth-order valence-corrected chi connectivity index (χ4v) is 2.57. The summed E-state index contributed by atoms with van der Waals surface area (Å²) in [4.78, 5) is 0. The molecule has 1 aliphatic carbocycles. The zero-order valence-electron chi connectivity index (χ0n) is 10.8. The summed E-state index contributed by atoms with van der Waals surface area (Å²) < 4.78 is 10.5. The largest absolute Gasteiger partial charge is 0.382 e. The molecule has 96 valence electrons. The Morgan fingerprint density at radius 2 is 2.00 bits per heavy atom. The maximum absolute atomic E-state index is 6.16. The van der Waals surface area contributed by atoms with Crippen molar-refractivity contribution in [1.29, 1.82) is 0 Å². The normalized spacial score (nSPS) is 30.6. The maximum atomic E-state index is 6.16. The van der Waals surface area contributed by atoms with Crippen molar-refractivity contribution in [3.63, 3.8) is 0 Å². The zero-order valence-corrected chi connectivity index (χ0v) is 10.8. The molecule has 0 saturated heterocycles. The smallest absolute Gasteiger partial charge is 0.0700 e. The molecule has 0 heterocycles. The van der Waals surface area contributed by atoms with Crippen molar-refractivity contribution in [2.24, 2.45) is 17.6 Å². The van der Waals surface area contributed by atoms with Gasteiger partial charge in [-0.1, -0.05) is 13.3 Å². The minimum absolute atomic E-state index is 0.397. The lowest BCUT2D eigenvalue weighted by Gasteiger charge is -2.33. The van der Waals surface area contributed by atoms with Gasteiger partial charge in [0.05, 0.1) is 13.2 Å². The Kier molecular flexibility index (Phi) is 7.01. The minimum atomic E-state index is 0.397. The second kappa shape index (κ2) is 8.04. The highest BCUT2D eigenvalue weighted by Crippen LogP contribution is 2.32. The van der Waals surface area contributed by atoms with Gasteiger partial charge in [0.1, 0.15) is 0 Å². The maximum Gasteiger partial charge on any atom is 0.0700 e. The van der Waals surface area contributed by atoms with Crippen LogP contribution >= 0.6 is 0 Å². The second-order valence-electron chi connectivity index (χ2n) is 4.91. The molecule has 0 amide bonds. The summed E-state index contributed by atoms with van der Waals surface area (Å²) >= 11 is 0. The van der Waals surface area contributed by atoms with E-state index in [2.05, 4.69) is 6.92 Å². The van der Waals surface area contributed by atoms with Crippen LogP contribution in [0.25, 0.3) is 0 Å². The summed E-state index contributed by atoms with van der Waals surface area (Å²) in [5, 5.41) is 0. The number of nitrogens with two attached hydrogens (primary N) is 1. The van der Waals surface area contributed by atoms with Crippen LogP contribution < -0.4 is 5.73 Å². The fourth-order valence-electron chi connectivity index (χ4n) is 2.57. The van der Waals surface area contributed by atoms with Crippen LogP contribution in [0.15, 0.2) is 0 Å². The summed E-state index contributed by atoms with van der Waals surface area (Å²) in [5.41, 5.74) is 6.16. The van der Waals surface area contributed by atoms with Gasteiger partial charge in [-0.25, -0.2) is 0 Å².